The summed E-state index contributed by atoms with van der Waals surface area (Å²) >= 11 is 0. The highest BCUT2D eigenvalue weighted by molar-refractivity contribution is 5.71. The Kier molecular flexibility index (Phi) is 33.4. The van der Waals surface area contributed by atoms with Crippen molar-refractivity contribution >= 4 is 11.9 Å². The van der Waals surface area contributed by atoms with Gasteiger partial charge in [0.15, 0.2) is 0 Å². The van der Waals surface area contributed by atoms with Crippen molar-refractivity contribution in [2.24, 2.45) is 0 Å². The molecular weight excluding hydrogens is 532 g/mol. The Bertz CT molecular complexity index is 654. The molecule has 0 aromatic carbocycles. The highest BCUT2D eigenvalue weighted by Crippen LogP contribution is 2.13. The molecule has 0 aromatic rings. The minimum absolute atomic E-state index is 0.335. The van der Waals surface area contributed by atoms with Crippen LogP contribution in [0.3, 0.4) is 0 Å². The molecule has 250 valence electrons. The summed E-state index contributed by atoms with van der Waals surface area (Å²) in [6.45, 7) is 8.19. The smallest absolute Gasteiger partial charge is 0.386 e. The van der Waals surface area contributed by atoms with Crippen LogP contribution < -0.4 is 0 Å². The lowest BCUT2D eigenvalue weighted by Gasteiger charge is -2.09. The maximum absolute atomic E-state index is 12.0. The molecule has 4 heteroatoms. The van der Waals surface area contributed by atoms with Gasteiger partial charge in [-0.15, -0.1) is 0 Å². The molecule has 4 nitrogen and oxygen atoms in total. The second-order valence-electron chi connectivity index (χ2n) is 12.4. The molecule has 0 saturated heterocycles. The van der Waals surface area contributed by atoms with Gasteiger partial charge in [0.1, 0.15) is 6.92 Å². The van der Waals surface area contributed by atoms with E-state index in [1.54, 1.807) is 0 Å². The van der Waals surface area contributed by atoms with Crippen molar-refractivity contribution in [2.75, 3.05) is 0 Å². The number of unbranched alkanes of at least 4 members (excludes halogenated alkanes) is 23. The maximum atomic E-state index is 12.0. The summed E-state index contributed by atoms with van der Waals surface area (Å²) in [4.78, 5) is 24.0. The lowest BCUT2D eigenvalue weighted by atomic mass is 10.1. The number of carbonyl (C=O) groups is 2. The van der Waals surface area contributed by atoms with Crippen LogP contribution >= 0.6 is 0 Å². The summed E-state index contributed by atoms with van der Waals surface area (Å²) in [5.41, 5.74) is 0. The molecule has 0 heterocycles. The number of allylic oxidation sites excluding steroid dienone is 4. The molecule has 0 bridgehead atoms. The minimum Gasteiger partial charge on any atom is -0.386 e. The van der Waals surface area contributed by atoms with Gasteiger partial charge in [-0.05, 0) is 64.2 Å². The molecule has 0 radical (unpaired) electrons. The predicted octanol–water partition coefficient (Wildman–Crippen LogP) is 12.7. The van der Waals surface area contributed by atoms with Gasteiger partial charge in [0.25, 0.3) is 0 Å². The summed E-state index contributed by atoms with van der Waals surface area (Å²) in [6, 6.07) is 0. The van der Waals surface area contributed by atoms with Crippen molar-refractivity contribution in [3.8, 4) is 0 Å². The highest BCUT2D eigenvalue weighted by Gasteiger charge is 2.18. The number of rotatable bonds is 33. The van der Waals surface area contributed by atoms with Crippen molar-refractivity contribution in [3.63, 3.8) is 0 Å². The van der Waals surface area contributed by atoms with Gasteiger partial charge in [0.05, 0.1) is 0 Å². The molecule has 0 aliphatic carbocycles. The number of hydrogen-bond acceptors (Lipinski definition) is 4. The first-order chi connectivity index (χ1) is 21.1. The second-order valence-corrected chi connectivity index (χ2v) is 12.4. The number of hydrogen-bond donors (Lipinski definition) is 0. The van der Waals surface area contributed by atoms with Gasteiger partial charge in [0, 0.05) is 12.8 Å². The van der Waals surface area contributed by atoms with E-state index in [2.05, 4.69) is 45.1 Å². The predicted molar refractivity (Wildman–Crippen MR) is 185 cm³/mol. The average molecular weight is 604 g/mol. The lowest BCUT2D eigenvalue weighted by molar-refractivity contribution is -0.180. The average Bonchev–Trinajstić information content (AvgIpc) is 2.98. The molecule has 43 heavy (non-hydrogen) atoms. The maximum Gasteiger partial charge on any atom is 0.391 e. The summed E-state index contributed by atoms with van der Waals surface area (Å²) in [6.07, 6.45) is 42.3. The zero-order chi connectivity index (χ0) is 31.5. The lowest BCUT2D eigenvalue weighted by Crippen LogP contribution is -2.21. The van der Waals surface area contributed by atoms with Crippen molar-refractivity contribution < 1.29 is 19.1 Å². The number of carbonyl (C=O) groups excluding carboxylic acids is 2. The van der Waals surface area contributed by atoms with Crippen LogP contribution in [0.15, 0.2) is 24.3 Å². The number of ether oxygens (including phenoxy) is 2. The fourth-order valence-corrected chi connectivity index (χ4v) is 5.29. The van der Waals surface area contributed by atoms with Crippen molar-refractivity contribution in [3.05, 3.63) is 31.2 Å². The molecule has 0 rings (SSSR count). The Labute approximate surface area is 268 Å². The molecule has 0 N–H and O–H groups in total. The monoisotopic (exact) mass is 604 g/mol. The van der Waals surface area contributed by atoms with Gasteiger partial charge >= 0.3 is 18.2 Å². The fraction of sp³-hybridized carbons (Fsp3) is 0.821. The first-order valence-electron chi connectivity index (χ1n) is 18.6. The van der Waals surface area contributed by atoms with E-state index in [0.717, 1.165) is 64.2 Å². The van der Waals surface area contributed by atoms with Gasteiger partial charge in [-0.25, -0.2) is 0 Å². The van der Waals surface area contributed by atoms with Gasteiger partial charge < -0.3 is 9.47 Å². The van der Waals surface area contributed by atoms with Gasteiger partial charge in [0.2, 0.25) is 0 Å². The molecule has 0 amide bonds. The van der Waals surface area contributed by atoms with Crippen LogP contribution in [-0.4, -0.2) is 18.2 Å². The van der Waals surface area contributed by atoms with E-state index in [4.69, 9.17) is 9.47 Å². The molecule has 1 atom stereocenters. The Morgan fingerprint density at radius 2 is 0.698 bits per heavy atom. The molecule has 1 unspecified atom stereocenters. The van der Waals surface area contributed by atoms with Crippen molar-refractivity contribution in [1.29, 1.82) is 0 Å². The molecule has 0 spiro atoms. The van der Waals surface area contributed by atoms with Gasteiger partial charge in [-0.1, -0.05) is 147 Å². The molecule has 0 aliphatic heterocycles. The van der Waals surface area contributed by atoms with E-state index in [-0.39, 0.29) is 11.9 Å². The molecule has 0 aliphatic rings. The van der Waals surface area contributed by atoms with E-state index < -0.39 is 6.29 Å². The summed E-state index contributed by atoms with van der Waals surface area (Å²) < 4.78 is 10.3. The Balaban J connectivity index is 3.48. The van der Waals surface area contributed by atoms with Crippen LogP contribution in [0.1, 0.15) is 200 Å². The van der Waals surface area contributed by atoms with Crippen LogP contribution in [0, 0.1) is 6.92 Å². The third kappa shape index (κ3) is 34.6. The Hall–Kier alpha value is -1.71. The zero-order valence-corrected chi connectivity index (χ0v) is 28.7. The molecule has 0 aromatic heterocycles. The van der Waals surface area contributed by atoms with Crippen molar-refractivity contribution in [2.45, 2.75) is 206 Å². The Morgan fingerprint density at radius 3 is 1.00 bits per heavy atom. The number of esters is 2. The SMILES string of the molecule is [CH2+]C(OC(=O)CCCCCC/C=C/CCCCCCCCC)OC(=O)CCCCCC/C=C/CCCCCCCCCC. The third-order valence-electron chi connectivity index (χ3n) is 8.06. The second kappa shape index (κ2) is 34.8. The summed E-state index contributed by atoms with van der Waals surface area (Å²) in [5.74, 6) is -0.670. The van der Waals surface area contributed by atoms with Crippen LogP contribution in [-0.2, 0) is 19.1 Å². The minimum atomic E-state index is -1.05. The zero-order valence-electron chi connectivity index (χ0n) is 28.7. The first-order valence-corrected chi connectivity index (χ1v) is 18.6. The molecular formula is C39H71O4+. The van der Waals surface area contributed by atoms with Gasteiger partial charge in [-0.3, -0.25) is 9.59 Å². The van der Waals surface area contributed by atoms with Crippen LogP contribution in [0.4, 0.5) is 0 Å². The van der Waals surface area contributed by atoms with E-state index >= 15 is 0 Å². The highest BCUT2D eigenvalue weighted by atomic mass is 16.7. The fourth-order valence-electron chi connectivity index (χ4n) is 5.29. The van der Waals surface area contributed by atoms with Crippen LogP contribution in [0.5, 0.6) is 0 Å². The van der Waals surface area contributed by atoms with E-state index in [1.807, 2.05) is 0 Å². The standard InChI is InChI=1S/C39H71O4/c1-4-6-8-10-12-14-16-18-20-22-24-26-28-30-32-34-36-39(41)43-37(3)42-38(40)35-33-31-29-27-25-23-21-19-17-15-13-11-9-7-5-2/h21-24,37H,3-20,25-36H2,1-2H3/q+1/b23-21+,24-22+. The Morgan fingerprint density at radius 1 is 0.442 bits per heavy atom. The van der Waals surface area contributed by atoms with Crippen LogP contribution in [0.25, 0.3) is 0 Å². The van der Waals surface area contributed by atoms with E-state index in [9.17, 15) is 9.59 Å². The topological polar surface area (TPSA) is 52.6 Å². The summed E-state index contributed by atoms with van der Waals surface area (Å²) in [5, 5.41) is 0. The largest absolute Gasteiger partial charge is 0.391 e. The van der Waals surface area contributed by atoms with E-state index in [1.165, 1.54) is 109 Å². The normalized spacial score (nSPS) is 12.3. The molecule has 0 saturated carbocycles. The first kappa shape index (κ1) is 41.3. The quantitative estimate of drug-likeness (QED) is 0.0246. The third-order valence-corrected chi connectivity index (χ3v) is 8.06. The molecule has 0 fully saturated rings. The van der Waals surface area contributed by atoms with Crippen LogP contribution in [0.2, 0.25) is 0 Å². The van der Waals surface area contributed by atoms with Crippen molar-refractivity contribution in [1.82, 2.24) is 0 Å². The van der Waals surface area contributed by atoms with E-state index in [0.29, 0.717) is 12.8 Å². The van der Waals surface area contributed by atoms with Gasteiger partial charge in [-0.2, -0.15) is 0 Å². The summed E-state index contributed by atoms with van der Waals surface area (Å²) in [7, 11) is 0.